The Balaban J connectivity index is 2.40. The normalized spacial score (nSPS) is 20.8. The lowest BCUT2D eigenvalue weighted by atomic mass is 9.66. The van der Waals surface area contributed by atoms with E-state index in [-0.39, 0.29) is 5.41 Å². The molecule has 0 aromatic carbocycles. The monoisotopic (exact) mass is 156 g/mol. The smallest absolute Gasteiger partial charge is 0.309 e. The average molecular weight is 156 g/mol. The first-order valence-electron chi connectivity index (χ1n) is 4.45. The lowest BCUT2D eigenvalue weighted by Gasteiger charge is -2.37. The van der Waals surface area contributed by atoms with Crippen LogP contribution in [0.25, 0.3) is 0 Å². The summed E-state index contributed by atoms with van der Waals surface area (Å²) in [5.41, 5.74) is -0.310. The zero-order valence-electron chi connectivity index (χ0n) is 7.10. The van der Waals surface area contributed by atoms with Gasteiger partial charge in [-0.3, -0.25) is 4.79 Å². The third kappa shape index (κ3) is 1.55. The molecule has 2 nitrogen and oxygen atoms in total. The number of carbonyl (C=O) groups is 1. The van der Waals surface area contributed by atoms with E-state index in [2.05, 4.69) is 6.92 Å². The van der Waals surface area contributed by atoms with Crippen molar-refractivity contribution in [2.75, 3.05) is 0 Å². The van der Waals surface area contributed by atoms with Gasteiger partial charge in [0.2, 0.25) is 0 Å². The first kappa shape index (κ1) is 8.57. The van der Waals surface area contributed by atoms with Gasteiger partial charge in [0, 0.05) is 0 Å². The van der Waals surface area contributed by atoms with Gasteiger partial charge in [-0.1, -0.05) is 26.2 Å². The molecule has 1 aliphatic carbocycles. The van der Waals surface area contributed by atoms with E-state index in [0.29, 0.717) is 0 Å². The summed E-state index contributed by atoms with van der Waals surface area (Å²) in [6.45, 7) is 2.11. The molecule has 0 atom stereocenters. The van der Waals surface area contributed by atoms with E-state index in [1.54, 1.807) is 0 Å². The first-order chi connectivity index (χ1) is 5.21. The summed E-state index contributed by atoms with van der Waals surface area (Å²) in [4.78, 5) is 10.8. The Morgan fingerprint density at radius 2 is 2.18 bits per heavy atom. The topological polar surface area (TPSA) is 37.3 Å². The Labute approximate surface area is 67.6 Å². The minimum atomic E-state index is -0.572. The summed E-state index contributed by atoms with van der Waals surface area (Å²) in [5, 5.41) is 8.91. The third-order valence-electron chi connectivity index (χ3n) is 2.77. The number of carboxylic acid groups (broad SMARTS) is 1. The van der Waals surface area contributed by atoms with Crippen LogP contribution in [0.3, 0.4) is 0 Å². The molecular weight excluding hydrogens is 140 g/mol. The summed E-state index contributed by atoms with van der Waals surface area (Å²) in [5.74, 6) is -0.572. The molecule has 1 aliphatic rings. The van der Waals surface area contributed by atoms with E-state index in [0.717, 1.165) is 38.5 Å². The average Bonchev–Trinajstić information content (AvgIpc) is 1.85. The van der Waals surface area contributed by atoms with Crippen molar-refractivity contribution >= 4 is 5.97 Å². The van der Waals surface area contributed by atoms with Crippen molar-refractivity contribution in [3.63, 3.8) is 0 Å². The molecule has 1 fully saturated rings. The van der Waals surface area contributed by atoms with Crippen LogP contribution in [0.5, 0.6) is 0 Å². The highest BCUT2D eigenvalue weighted by Crippen LogP contribution is 2.45. The lowest BCUT2D eigenvalue weighted by Crippen LogP contribution is -2.37. The van der Waals surface area contributed by atoms with Gasteiger partial charge in [-0.2, -0.15) is 0 Å². The molecule has 0 saturated heterocycles. The van der Waals surface area contributed by atoms with Crippen LogP contribution < -0.4 is 0 Å². The molecular formula is C9H16O2. The Hall–Kier alpha value is -0.530. The molecule has 0 radical (unpaired) electrons. The molecule has 0 heterocycles. The second kappa shape index (κ2) is 3.24. The van der Waals surface area contributed by atoms with Gasteiger partial charge in [0.25, 0.3) is 0 Å². The van der Waals surface area contributed by atoms with E-state index in [1.807, 2.05) is 0 Å². The summed E-state index contributed by atoms with van der Waals surface area (Å²) >= 11 is 0. The molecule has 11 heavy (non-hydrogen) atoms. The number of carboxylic acids is 1. The molecule has 1 saturated carbocycles. The number of aliphatic carboxylic acids is 1. The third-order valence-corrected chi connectivity index (χ3v) is 2.77. The molecule has 0 spiro atoms. The van der Waals surface area contributed by atoms with E-state index < -0.39 is 5.97 Å². The highest BCUT2D eigenvalue weighted by molar-refractivity contribution is 5.75. The van der Waals surface area contributed by atoms with E-state index >= 15 is 0 Å². The molecule has 0 aliphatic heterocycles. The summed E-state index contributed by atoms with van der Waals surface area (Å²) in [7, 11) is 0. The molecule has 0 amide bonds. The van der Waals surface area contributed by atoms with Gasteiger partial charge in [0.1, 0.15) is 0 Å². The van der Waals surface area contributed by atoms with Crippen LogP contribution in [0.15, 0.2) is 0 Å². The fourth-order valence-corrected chi connectivity index (χ4v) is 1.69. The zero-order chi connectivity index (χ0) is 8.32. The maximum atomic E-state index is 10.8. The van der Waals surface area contributed by atoms with Gasteiger partial charge in [-0.25, -0.2) is 0 Å². The van der Waals surface area contributed by atoms with E-state index in [4.69, 9.17) is 5.11 Å². The molecule has 0 bridgehead atoms. The summed E-state index contributed by atoms with van der Waals surface area (Å²) in [6, 6.07) is 0. The molecule has 0 aromatic rings. The van der Waals surface area contributed by atoms with Gasteiger partial charge in [0.05, 0.1) is 5.41 Å². The fraction of sp³-hybridized carbons (Fsp3) is 0.889. The highest BCUT2D eigenvalue weighted by atomic mass is 16.4. The Morgan fingerprint density at radius 1 is 1.55 bits per heavy atom. The van der Waals surface area contributed by atoms with Crippen molar-refractivity contribution < 1.29 is 9.90 Å². The Bertz CT molecular complexity index is 148. The van der Waals surface area contributed by atoms with Crippen LogP contribution in [0.4, 0.5) is 0 Å². The molecule has 64 valence electrons. The van der Waals surface area contributed by atoms with Crippen LogP contribution in [0.2, 0.25) is 0 Å². The summed E-state index contributed by atoms with van der Waals surface area (Å²) < 4.78 is 0. The largest absolute Gasteiger partial charge is 0.481 e. The maximum absolute atomic E-state index is 10.8. The van der Waals surface area contributed by atoms with Crippen molar-refractivity contribution in [1.82, 2.24) is 0 Å². The quantitative estimate of drug-likeness (QED) is 0.678. The first-order valence-corrected chi connectivity index (χ1v) is 4.45. The van der Waals surface area contributed by atoms with Crippen LogP contribution >= 0.6 is 0 Å². The van der Waals surface area contributed by atoms with Gasteiger partial charge in [-0.15, -0.1) is 0 Å². The van der Waals surface area contributed by atoms with Crippen molar-refractivity contribution in [2.24, 2.45) is 5.41 Å². The minimum absolute atomic E-state index is 0.310. The Kier molecular flexibility index (Phi) is 2.53. The molecule has 0 aromatic heterocycles. The van der Waals surface area contributed by atoms with Crippen LogP contribution in [0.1, 0.15) is 45.4 Å². The fourth-order valence-electron chi connectivity index (χ4n) is 1.69. The van der Waals surface area contributed by atoms with Gasteiger partial charge in [-0.05, 0) is 19.3 Å². The number of hydrogen-bond donors (Lipinski definition) is 1. The lowest BCUT2D eigenvalue weighted by molar-refractivity contribution is -0.155. The SMILES string of the molecule is CCCCC1(C(=O)O)CCC1. The standard InChI is InChI=1S/C9H16O2/c1-2-3-5-9(8(10)11)6-4-7-9/h2-7H2,1H3,(H,10,11). The Morgan fingerprint density at radius 3 is 2.45 bits per heavy atom. The van der Waals surface area contributed by atoms with Gasteiger partial charge in [0.15, 0.2) is 0 Å². The highest BCUT2D eigenvalue weighted by Gasteiger charge is 2.43. The minimum Gasteiger partial charge on any atom is -0.481 e. The molecule has 2 heteroatoms. The number of unbranched alkanes of at least 4 members (excludes halogenated alkanes) is 1. The predicted molar refractivity (Wildman–Crippen MR) is 43.4 cm³/mol. The van der Waals surface area contributed by atoms with E-state index in [9.17, 15) is 4.79 Å². The van der Waals surface area contributed by atoms with Crippen molar-refractivity contribution in [2.45, 2.75) is 45.4 Å². The second-order valence-electron chi connectivity index (χ2n) is 3.54. The van der Waals surface area contributed by atoms with Gasteiger partial charge >= 0.3 is 5.97 Å². The number of hydrogen-bond acceptors (Lipinski definition) is 1. The van der Waals surface area contributed by atoms with Crippen molar-refractivity contribution in [3.8, 4) is 0 Å². The van der Waals surface area contributed by atoms with Crippen molar-refractivity contribution in [1.29, 1.82) is 0 Å². The van der Waals surface area contributed by atoms with Crippen LogP contribution in [0, 0.1) is 5.41 Å². The number of rotatable bonds is 4. The summed E-state index contributed by atoms with van der Waals surface area (Å²) in [6.07, 6.45) is 5.97. The molecule has 1 rings (SSSR count). The van der Waals surface area contributed by atoms with Crippen LogP contribution in [-0.4, -0.2) is 11.1 Å². The van der Waals surface area contributed by atoms with E-state index in [1.165, 1.54) is 0 Å². The molecule has 0 unspecified atom stereocenters. The predicted octanol–water partition coefficient (Wildman–Crippen LogP) is 2.43. The van der Waals surface area contributed by atoms with Crippen LogP contribution in [-0.2, 0) is 4.79 Å². The van der Waals surface area contributed by atoms with Crippen molar-refractivity contribution in [3.05, 3.63) is 0 Å². The van der Waals surface area contributed by atoms with Gasteiger partial charge < -0.3 is 5.11 Å². The second-order valence-corrected chi connectivity index (χ2v) is 3.54. The zero-order valence-corrected chi connectivity index (χ0v) is 7.10. The maximum Gasteiger partial charge on any atom is 0.309 e. The molecule has 1 N–H and O–H groups in total.